The van der Waals surface area contributed by atoms with Gasteiger partial charge in [-0.1, -0.05) is 54.6 Å². The van der Waals surface area contributed by atoms with Crippen LogP contribution in [0, 0.1) is 6.67 Å². The number of nitrogens with zero attached hydrogens (tertiary/aromatic N) is 2. The van der Waals surface area contributed by atoms with Crippen LogP contribution < -0.4 is 0 Å². The fourth-order valence-corrected chi connectivity index (χ4v) is 4.26. The summed E-state index contributed by atoms with van der Waals surface area (Å²) in [6.07, 6.45) is 7.81. The van der Waals surface area contributed by atoms with Gasteiger partial charge in [0.25, 0.3) is 0 Å². The molecular formula is C24H23N2. The fraction of sp³-hybridized carbons (Fsp3) is 0.208. The molecule has 0 saturated heterocycles. The van der Waals surface area contributed by atoms with Gasteiger partial charge in [0.2, 0.25) is 0 Å². The van der Waals surface area contributed by atoms with Gasteiger partial charge in [-0.05, 0) is 57.1 Å². The van der Waals surface area contributed by atoms with Crippen molar-refractivity contribution in [3.8, 4) is 0 Å². The third kappa shape index (κ3) is 2.57. The van der Waals surface area contributed by atoms with Crippen LogP contribution in [0.3, 0.4) is 0 Å². The first-order valence-corrected chi connectivity index (χ1v) is 9.46. The number of benzene rings is 4. The van der Waals surface area contributed by atoms with Crippen molar-refractivity contribution in [2.45, 2.75) is 19.3 Å². The highest BCUT2D eigenvalue weighted by Gasteiger charge is 2.11. The van der Waals surface area contributed by atoms with Crippen LogP contribution in [0.4, 0.5) is 0 Å². The summed E-state index contributed by atoms with van der Waals surface area (Å²) < 4.78 is 0. The molecule has 0 aromatic heterocycles. The predicted molar refractivity (Wildman–Crippen MR) is 111 cm³/mol. The first kappa shape index (κ1) is 15.5. The lowest BCUT2D eigenvalue weighted by molar-refractivity contribution is 0.371. The Balaban J connectivity index is 1.42. The Kier molecular flexibility index (Phi) is 3.70. The van der Waals surface area contributed by atoms with Crippen LogP contribution in [-0.2, 0) is 6.42 Å². The van der Waals surface area contributed by atoms with Crippen LogP contribution in [0.2, 0.25) is 0 Å². The van der Waals surface area contributed by atoms with Crippen LogP contribution in [-0.4, -0.2) is 23.4 Å². The van der Waals surface area contributed by atoms with Crippen LogP contribution in [0.5, 0.6) is 0 Å². The maximum Gasteiger partial charge on any atom is 0.141 e. The van der Waals surface area contributed by atoms with Crippen LogP contribution in [0.15, 0.2) is 67.0 Å². The maximum absolute atomic E-state index is 2.33. The summed E-state index contributed by atoms with van der Waals surface area (Å²) in [5.74, 6) is 0. The molecule has 0 unspecified atom stereocenters. The van der Waals surface area contributed by atoms with Crippen molar-refractivity contribution in [3.63, 3.8) is 0 Å². The molecule has 1 radical (unpaired) electrons. The summed E-state index contributed by atoms with van der Waals surface area (Å²) in [5, 5.41) is 8.34. The molecule has 1 aliphatic heterocycles. The molecule has 0 atom stereocenters. The monoisotopic (exact) mass is 339 g/mol. The van der Waals surface area contributed by atoms with E-state index in [9.17, 15) is 0 Å². The van der Waals surface area contributed by atoms with Gasteiger partial charge in [0.05, 0.1) is 0 Å². The minimum absolute atomic E-state index is 1.09. The van der Waals surface area contributed by atoms with Gasteiger partial charge in [0, 0.05) is 26.0 Å². The zero-order valence-electron chi connectivity index (χ0n) is 15.2. The largest absolute Gasteiger partial charge is 0.356 e. The molecule has 1 aliphatic rings. The smallest absolute Gasteiger partial charge is 0.141 e. The summed E-state index contributed by atoms with van der Waals surface area (Å²) in [5.41, 5.74) is 1.48. The van der Waals surface area contributed by atoms with Crippen LogP contribution >= 0.6 is 0 Å². The van der Waals surface area contributed by atoms with Crippen LogP contribution in [0.1, 0.15) is 18.4 Å². The van der Waals surface area contributed by atoms with E-state index in [4.69, 9.17) is 0 Å². The molecular weight excluding hydrogens is 316 g/mol. The first-order chi connectivity index (χ1) is 12.8. The highest BCUT2D eigenvalue weighted by Crippen LogP contribution is 2.36. The molecule has 2 heteroatoms. The summed E-state index contributed by atoms with van der Waals surface area (Å²) in [6.45, 7) is 3.24. The fourth-order valence-electron chi connectivity index (χ4n) is 4.26. The first-order valence-electron chi connectivity index (χ1n) is 9.46. The summed E-state index contributed by atoms with van der Waals surface area (Å²) in [6, 6.07) is 20.4. The Morgan fingerprint density at radius 2 is 1.46 bits per heavy atom. The molecule has 0 spiro atoms. The number of unbranched alkanes of at least 4 members (excludes halogenated alkanes) is 1. The van der Waals surface area contributed by atoms with Crippen molar-refractivity contribution in [3.05, 3.63) is 79.2 Å². The van der Waals surface area contributed by atoms with Gasteiger partial charge in [-0.15, -0.1) is 0 Å². The Hall–Kier alpha value is -2.74. The van der Waals surface area contributed by atoms with E-state index in [0.29, 0.717) is 0 Å². The van der Waals surface area contributed by atoms with E-state index in [1.54, 1.807) is 0 Å². The third-order valence-corrected chi connectivity index (χ3v) is 5.56. The molecule has 0 amide bonds. The topological polar surface area (TPSA) is 6.48 Å². The average Bonchev–Trinajstić information content (AvgIpc) is 3.09. The quantitative estimate of drug-likeness (QED) is 0.338. The van der Waals surface area contributed by atoms with Crippen molar-refractivity contribution >= 4 is 32.3 Å². The predicted octanol–water partition coefficient (Wildman–Crippen LogP) is 5.74. The van der Waals surface area contributed by atoms with Gasteiger partial charge in [-0.2, -0.15) is 0 Å². The maximum atomic E-state index is 2.33. The van der Waals surface area contributed by atoms with Crippen molar-refractivity contribution in [1.82, 2.24) is 9.80 Å². The molecule has 0 aliphatic carbocycles. The lowest BCUT2D eigenvalue weighted by atomic mass is 9.90. The second-order valence-corrected chi connectivity index (χ2v) is 7.35. The minimum Gasteiger partial charge on any atom is -0.356 e. The molecule has 5 rings (SSSR count). The molecule has 4 aromatic carbocycles. The Morgan fingerprint density at radius 3 is 2.23 bits per heavy atom. The van der Waals surface area contributed by atoms with E-state index in [-0.39, 0.29) is 0 Å². The molecule has 0 fully saturated rings. The van der Waals surface area contributed by atoms with Gasteiger partial charge in [0.15, 0.2) is 0 Å². The molecule has 4 aromatic rings. The number of aryl methyl sites for hydroxylation is 1. The second kappa shape index (κ2) is 6.21. The zero-order chi connectivity index (χ0) is 17.5. The van der Waals surface area contributed by atoms with Gasteiger partial charge < -0.3 is 9.80 Å². The lowest BCUT2D eigenvalue weighted by Gasteiger charge is -2.17. The van der Waals surface area contributed by atoms with Crippen LogP contribution in [0.25, 0.3) is 32.3 Å². The standard InChI is InChI=1S/C24H23N2/c1-25-15-16-26(17-25)14-3-2-5-18-8-9-21-11-10-19-6-4-7-20-12-13-22(18)24(21)23(19)20/h4,6-13,15-17H,2-3,5,14H2,1H3. The minimum atomic E-state index is 1.09. The molecule has 1 heterocycles. The number of hydrogen-bond donors (Lipinski definition) is 0. The van der Waals surface area contributed by atoms with E-state index in [2.05, 4.69) is 90.5 Å². The molecule has 26 heavy (non-hydrogen) atoms. The van der Waals surface area contributed by atoms with Crippen molar-refractivity contribution in [1.29, 1.82) is 0 Å². The molecule has 2 nitrogen and oxygen atoms in total. The highest BCUT2D eigenvalue weighted by molar-refractivity contribution is 6.23. The molecule has 129 valence electrons. The van der Waals surface area contributed by atoms with E-state index < -0.39 is 0 Å². The average molecular weight is 339 g/mol. The SMILES string of the molecule is CN1[CH]N(CCCCc2ccc3ccc4cccc5ccc2c3c45)C=C1. The lowest BCUT2D eigenvalue weighted by Crippen LogP contribution is -2.17. The molecule has 0 bridgehead atoms. The number of rotatable bonds is 5. The van der Waals surface area contributed by atoms with Crippen molar-refractivity contribution in [2.75, 3.05) is 13.6 Å². The Morgan fingerprint density at radius 1 is 0.731 bits per heavy atom. The summed E-state index contributed by atoms with van der Waals surface area (Å²) >= 11 is 0. The van der Waals surface area contributed by atoms with E-state index >= 15 is 0 Å². The Labute approximate surface area is 154 Å². The van der Waals surface area contributed by atoms with E-state index in [0.717, 1.165) is 13.0 Å². The second-order valence-electron chi connectivity index (χ2n) is 7.35. The summed E-state index contributed by atoms with van der Waals surface area (Å²) in [4.78, 5) is 4.37. The van der Waals surface area contributed by atoms with E-state index in [1.807, 2.05) is 0 Å². The van der Waals surface area contributed by atoms with E-state index in [1.165, 1.54) is 50.7 Å². The molecule has 0 N–H and O–H groups in total. The van der Waals surface area contributed by atoms with Gasteiger partial charge in [0.1, 0.15) is 6.67 Å². The van der Waals surface area contributed by atoms with Crippen molar-refractivity contribution in [2.24, 2.45) is 0 Å². The third-order valence-electron chi connectivity index (χ3n) is 5.56. The van der Waals surface area contributed by atoms with Gasteiger partial charge in [-0.25, -0.2) is 0 Å². The van der Waals surface area contributed by atoms with Gasteiger partial charge >= 0.3 is 0 Å². The highest BCUT2D eigenvalue weighted by atomic mass is 15.3. The molecule has 0 saturated carbocycles. The normalized spacial score (nSPS) is 14.5. The van der Waals surface area contributed by atoms with Crippen molar-refractivity contribution < 1.29 is 0 Å². The zero-order valence-corrected chi connectivity index (χ0v) is 15.2. The summed E-state index contributed by atoms with van der Waals surface area (Å²) in [7, 11) is 2.07. The Bertz CT molecular complexity index is 1080. The van der Waals surface area contributed by atoms with Gasteiger partial charge in [-0.3, -0.25) is 0 Å². The number of hydrogen-bond acceptors (Lipinski definition) is 2.